The van der Waals surface area contributed by atoms with Gasteiger partial charge in [0.15, 0.2) is 0 Å². The van der Waals surface area contributed by atoms with Gasteiger partial charge in [0.25, 0.3) is 0 Å². The molecule has 5 rings (SSSR count). The van der Waals surface area contributed by atoms with Crippen LogP contribution >= 0.6 is 0 Å². The lowest BCUT2D eigenvalue weighted by atomic mass is 9.97. The van der Waals surface area contributed by atoms with E-state index in [0.717, 1.165) is 12.8 Å². The number of ether oxygens (including phenoxy) is 1. The number of carbonyl (C=O) groups is 1. The molecule has 4 nitrogen and oxygen atoms in total. The molecule has 154 valence electrons. The Labute approximate surface area is 173 Å². The third kappa shape index (κ3) is 3.51. The van der Waals surface area contributed by atoms with E-state index in [1.807, 2.05) is 6.92 Å². The quantitative estimate of drug-likeness (QED) is 0.632. The van der Waals surface area contributed by atoms with Crippen molar-refractivity contribution in [1.29, 1.82) is 0 Å². The number of anilines is 1. The van der Waals surface area contributed by atoms with E-state index in [2.05, 4.69) is 10.3 Å². The number of nitrogens with zero attached hydrogens (tertiary/aromatic N) is 1. The molecular formula is C24H22F2N2O2. The van der Waals surface area contributed by atoms with Crippen LogP contribution in [0, 0.1) is 35.3 Å². The summed E-state index contributed by atoms with van der Waals surface area (Å²) in [5.74, 6) is 1.16. The van der Waals surface area contributed by atoms with Gasteiger partial charge in [-0.05, 0) is 79.1 Å². The number of fused-ring (bicyclic) bond motifs is 2. The zero-order valence-corrected chi connectivity index (χ0v) is 16.5. The maximum absolute atomic E-state index is 13.7. The van der Waals surface area contributed by atoms with E-state index in [1.54, 1.807) is 30.5 Å². The van der Waals surface area contributed by atoms with Crippen molar-refractivity contribution >= 4 is 22.5 Å². The number of rotatable bonds is 5. The Bertz CT molecular complexity index is 1090. The molecule has 1 amide bonds. The summed E-state index contributed by atoms with van der Waals surface area (Å²) in [4.78, 5) is 16.8. The van der Waals surface area contributed by atoms with Crippen molar-refractivity contribution in [2.24, 2.45) is 23.7 Å². The molecule has 5 atom stereocenters. The van der Waals surface area contributed by atoms with Gasteiger partial charge in [-0.15, -0.1) is 0 Å². The highest BCUT2D eigenvalue weighted by atomic mass is 19.1. The highest BCUT2D eigenvalue weighted by Crippen LogP contribution is 2.61. The van der Waals surface area contributed by atoms with Crippen LogP contribution in [0.5, 0.6) is 5.75 Å². The fraction of sp³-hybridized carbons (Fsp3) is 0.333. The van der Waals surface area contributed by atoms with Crippen molar-refractivity contribution < 1.29 is 18.3 Å². The van der Waals surface area contributed by atoms with Crippen molar-refractivity contribution in [2.45, 2.75) is 25.9 Å². The number of aromatic nitrogens is 1. The predicted octanol–water partition coefficient (Wildman–Crippen LogP) is 5.19. The van der Waals surface area contributed by atoms with E-state index < -0.39 is 0 Å². The molecule has 2 aromatic carbocycles. The van der Waals surface area contributed by atoms with Crippen LogP contribution in [0.2, 0.25) is 0 Å². The van der Waals surface area contributed by atoms with E-state index in [0.29, 0.717) is 40.1 Å². The largest absolute Gasteiger partial charge is 0.490 e. The van der Waals surface area contributed by atoms with Gasteiger partial charge in [-0.25, -0.2) is 8.78 Å². The predicted molar refractivity (Wildman–Crippen MR) is 110 cm³/mol. The summed E-state index contributed by atoms with van der Waals surface area (Å²) < 4.78 is 32.9. The van der Waals surface area contributed by atoms with Crippen LogP contribution in [0.3, 0.4) is 0 Å². The highest BCUT2D eigenvalue weighted by molar-refractivity contribution is 5.92. The number of hydrogen-bond donors (Lipinski definition) is 1. The summed E-state index contributed by atoms with van der Waals surface area (Å²) in [7, 11) is 0. The van der Waals surface area contributed by atoms with Gasteiger partial charge >= 0.3 is 0 Å². The number of nitrogens with one attached hydrogen (secondary N) is 1. The molecule has 2 saturated carbocycles. The lowest BCUT2D eigenvalue weighted by Crippen LogP contribution is -2.25. The van der Waals surface area contributed by atoms with Gasteiger partial charge in [0.2, 0.25) is 5.91 Å². The molecule has 0 radical (unpaired) electrons. The topological polar surface area (TPSA) is 51.2 Å². The van der Waals surface area contributed by atoms with Gasteiger partial charge < -0.3 is 10.1 Å². The maximum atomic E-state index is 13.7. The Kier molecular flexibility index (Phi) is 4.65. The van der Waals surface area contributed by atoms with Crippen molar-refractivity contribution in [3.8, 4) is 5.75 Å². The first-order valence-electron chi connectivity index (χ1n) is 10.3. The maximum Gasteiger partial charge on any atom is 0.227 e. The molecule has 1 N–H and O–H groups in total. The average Bonchev–Trinajstić information content (AvgIpc) is 3.24. The molecule has 30 heavy (non-hydrogen) atoms. The fourth-order valence-corrected chi connectivity index (χ4v) is 5.02. The number of carbonyl (C=O) groups excluding carboxylic acids is 1. The molecule has 1 aromatic heterocycles. The summed E-state index contributed by atoms with van der Waals surface area (Å²) in [5, 5.41) is 3.56. The van der Waals surface area contributed by atoms with Crippen LogP contribution in [0.25, 0.3) is 10.9 Å². The first-order valence-corrected chi connectivity index (χ1v) is 10.3. The van der Waals surface area contributed by atoms with Crippen LogP contribution in [0.4, 0.5) is 14.5 Å². The molecular weight excluding hydrogens is 386 g/mol. The third-order valence-corrected chi connectivity index (χ3v) is 6.53. The summed E-state index contributed by atoms with van der Waals surface area (Å²) in [6.45, 7) is 1.96. The van der Waals surface area contributed by atoms with Crippen LogP contribution < -0.4 is 10.1 Å². The number of halogens is 2. The minimum atomic E-state index is -0.325. The second-order valence-corrected chi connectivity index (χ2v) is 8.37. The van der Waals surface area contributed by atoms with Crippen molar-refractivity contribution in [3.63, 3.8) is 0 Å². The van der Waals surface area contributed by atoms with E-state index in [4.69, 9.17) is 4.74 Å². The SMILES string of the molecule is CC(C(=O)Nc1ccc(F)cc1)[C@@H]1[C@@H]2C[C@@H](Oc3ccnc4ccc(F)cc34)C[C@@H]21. The van der Waals surface area contributed by atoms with Gasteiger partial charge in [0.1, 0.15) is 17.4 Å². The summed E-state index contributed by atoms with van der Waals surface area (Å²) in [5.41, 5.74) is 1.32. The molecule has 0 spiro atoms. The van der Waals surface area contributed by atoms with E-state index >= 15 is 0 Å². The van der Waals surface area contributed by atoms with Crippen molar-refractivity contribution in [3.05, 3.63) is 66.4 Å². The van der Waals surface area contributed by atoms with Gasteiger partial charge in [-0.3, -0.25) is 9.78 Å². The van der Waals surface area contributed by atoms with Gasteiger partial charge in [0.05, 0.1) is 11.6 Å². The molecule has 1 unspecified atom stereocenters. The molecule has 2 aliphatic carbocycles. The van der Waals surface area contributed by atoms with E-state index in [9.17, 15) is 13.6 Å². The molecule has 0 aliphatic heterocycles. The van der Waals surface area contributed by atoms with Crippen molar-refractivity contribution in [1.82, 2.24) is 4.98 Å². The van der Waals surface area contributed by atoms with Gasteiger partial charge in [-0.2, -0.15) is 0 Å². The van der Waals surface area contributed by atoms with Gasteiger partial charge in [-0.1, -0.05) is 6.92 Å². The molecule has 3 aromatic rings. The molecule has 6 heteroatoms. The second-order valence-electron chi connectivity index (χ2n) is 8.37. The molecule has 2 fully saturated rings. The van der Waals surface area contributed by atoms with Crippen LogP contribution in [0.15, 0.2) is 54.7 Å². The lowest BCUT2D eigenvalue weighted by Gasteiger charge is -2.20. The third-order valence-electron chi connectivity index (χ3n) is 6.53. The Balaban J connectivity index is 1.20. The molecule has 2 aliphatic rings. The minimum Gasteiger partial charge on any atom is -0.490 e. The second kappa shape index (κ2) is 7.35. The first kappa shape index (κ1) is 19.0. The fourth-order valence-electron chi connectivity index (χ4n) is 5.02. The smallest absolute Gasteiger partial charge is 0.227 e. The molecule has 1 heterocycles. The number of amides is 1. The normalized spacial score (nSPS) is 25.6. The van der Waals surface area contributed by atoms with Crippen molar-refractivity contribution in [2.75, 3.05) is 5.32 Å². The zero-order valence-electron chi connectivity index (χ0n) is 16.5. The Morgan fingerprint density at radius 1 is 1.07 bits per heavy atom. The Hall–Kier alpha value is -3.02. The standard InChI is InChI=1S/C24H22F2N2O2/c1-13(24(29)28-16-5-2-14(25)3-6-16)23-18-11-17(12-19(18)23)30-22-8-9-27-21-7-4-15(26)10-20(21)22/h2-10,13,17-19,23H,11-12H2,1H3,(H,28,29)/t13?,17-,18-,19+,23-. The lowest BCUT2D eigenvalue weighted by molar-refractivity contribution is -0.120. The monoisotopic (exact) mass is 408 g/mol. The minimum absolute atomic E-state index is 0.0333. The van der Waals surface area contributed by atoms with Crippen LogP contribution in [-0.2, 0) is 4.79 Å². The summed E-state index contributed by atoms with van der Waals surface area (Å²) >= 11 is 0. The van der Waals surface area contributed by atoms with E-state index in [1.165, 1.54) is 24.3 Å². The summed E-state index contributed by atoms with van der Waals surface area (Å²) in [6, 6.07) is 12.1. The molecule has 0 bridgehead atoms. The van der Waals surface area contributed by atoms with E-state index in [-0.39, 0.29) is 29.6 Å². The highest BCUT2D eigenvalue weighted by Gasteiger charge is 2.59. The number of benzene rings is 2. The Morgan fingerprint density at radius 2 is 1.77 bits per heavy atom. The number of hydrogen-bond acceptors (Lipinski definition) is 3. The first-order chi connectivity index (χ1) is 14.5. The van der Waals surface area contributed by atoms with Crippen LogP contribution in [0.1, 0.15) is 19.8 Å². The summed E-state index contributed by atoms with van der Waals surface area (Å²) in [6.07, 6.45) is 3.53. The Morgan fingerprint density at radius 3 is 2.50 bits per heavy atom. The zero-order chi connectivity index (χ0) is 20.8. The van der Waals surface area contributed by atoms with Gasteiger partial charge in [0, 0.05) is 23.2 Å². The van der Waals surface area contributed by atoms with Crippen LogP contribution in [-0.4, -0.2) is 17.0 Å². The average molecular weight is 408 g/mol. The molecule has 0 saturated heterocycles. The number of pyridine rings is 1.